The van der Waals surface area contributed by atoms with Crippen LogP contribution in [0.15, 0.2) is 24.3 Å². The van der Waals surface area contributed by atoms with Gasteiger partial charge in [0.1, 0.15) is 11.9 Å². The molecule has 0 saturated heterocycles. The fraction of sp³-hybridized carbons (Fsp3) is 0.625. The number of methoxy groups -OCH3 is 1. The fourth-order valence-corrected chi connectivity index (χ4v) is 2.79. The van der Waals surface area contributed by atoms with E-state index in [1.807, 2.05) is 25.1 Å². The molecule has 0 heterocycles. The highest BCUT2D eigenvalue weighted by molar-refractivity contribution is 5.35. The number of hydrogen-bond donors (Lipinski definition) is 1. The fourth-order valence-electron chi connectivity index (χ4n) is 2.79. The lowest BCUT2D eigenvalue weighted by atomic mass is 9.96. The molecule has 0 bridgehead atoms. The Morgan fingerprint density at radius 3 is 2.47 bits per heavy atom. The van der Waals surface area contributed by atoms with E-state index in [1.165, 1.54) is 19.3 Å². The summed E-state index contributed by atoms with van der Waals surface area (Å²) in [5, 5.41) is 0. The van der Waals surface area contributed by atoms with Crippen molar-refractivity contribution in [2.45, 2.75) is 57.3 Å². The molecule has 0 amide bonds. The molecule has 0 aliphatic heterocycles. The normalized spacial score (nSPS) is 19.9. The highest BCUT2D eigenvalue weighted by Gasteiger charge is 2.25. The van der Waals surface area contributed by atoms with Crippen LogP contribution in [0.5, 0.6) is 5.75 Å². The summed E-state index contributed by atoms with van der Waals surface area (Å²) in [4.78, 5) is 0. The van der Waals surface area contributed by atoms with Crippen molar-refractivity contribution in [3.05, 3.63) is 29.8 Å². The van der Waals surface area contributed by atoms with Crippen molar-refractivity contribution in [3.8, 4) is 5.75 Å². The molecule has 0 aromatic heterocycles. The van der Waals surface area contributed by atoms with Crippen molar-refractivity contribution in [1.29, 1.82) is 0 Å². The van der Waals surface area contributed by atoms with Crippen molar-refractivity contribution >= 4 is 0 Å². The zero-order valence-electron chi connectivity index (χ0n) is 12.0. The number of para-hydroxylation sites is 1. The number of hydrogen-bond acceptors (Lipinski definition) is 3. The Balaban J connectivity index is 2.14. The van der Waals surface area contributed by atoms with E-state index in [4.69, 9.17) is 15.2 Å². The maximum atomic E-state index is 6.28. The van der Waals surface area contributed by atoms with E-state index in [2.05, 4.69) is 6.07 Å². The Labute approximate surface area is 116 Å². The van der Waals surface area contributed by atoms with E-state index in [0.717, 1.165) is 24.2 Å². The Hall–Kier alpha value is -1.06. The van der Waals surface area contributed by atoms with Crippen molar-refractivity contribution in [3.63, 3.8) is 0 Å². The lowest BCUT2D eigenvalue weighted by Crippen LogP contribution is -2.31. The minimum atomic E-state index is -0.0840. The second-order valence-corrected chi connectivity index (χ2v) is 5.42. The molecule has 0 spiro atoms. The van der Waals surface area contributed by atoms with Gasteiger partial charge in [0.25, 0.3) is 0 Å². The minimum Gasteiger partial charge on any atom is -0.496 e. The topological polar surface area (TPSA) is 44.5 Å². The molecule has 1 fully saturated rings. The summed E-state index contributed by atoms with van der Waals surface area (Å²) in [7, 11) is 1.69. The summed E-state index contributed by atoms with van der Waals surface area (Å²) >= 11 is 0. The second kappa shape index (κ2) is 6.92. The van der Waals surface area contributed by atoms with Gasteiger partial charge in [0, 0.05) is 11.6 Å². The van der Waals surface area contributed by atoms with Crippen LogP contribution in [-0.2, 0) is 4.74 Å². The SMILES string of the molecule is COc1ccccc1C(OC1CCCCC1)C(C)N. The first-order valence-electron chi connectivity index (χ1n) is 7.26. The molecule has 1 saturated carbocycles. The summed E-state index contributed by atoms with van der Waals surface area (Å²) in [5.74, 6) is 0.862. The molecule has 1 aromatic rings. The highest BCUT2D eigenvalue weighted by atomic mass is 16.5. The maximum absolute atomic E-state index is 6.28. The van der Waals surface area contributed by atoms with Gasteiger partial charge in [-0.25, -0.2) is 0 Å². The van der Waals surface area contributed by atoms with Crippen molar-refractivity contribution in [2.24, 2.45) is 5.73 Å². The van der Waals surface area contributed by atoms with E-state index < -0.39 is 0 Å². The third-order valence-electron chi connectivity index (χ3n) is 3.81. The Bertz CT molecular complexity index is 386. The molecule has 2 atom stereocenters. The predicted molar refractivity (Wildman–Crippen MR) is 77.3 cm³/mol. The van der Waals surface area contributed by atoms with E-state index in [9.17, 15) is 0 Å². The van der Waals surface area contributed by atoms with Gasteiger partial charge >= 0.3 is 0 Å². The molecule has 0 radical (unpaired) electrons. The van der Waals surface area contributed by atoms with Crippen LogP contribution in [0.1, 0.15) is 50.7 Å². The lowest BCUT2D eigenvalue weighted by molar-refractivity contribution is -0.0415. The number of rotatable bonds is 5. The van der Waals surface area contributed by atoms with E-state index in [0.29, 0.717) is 6.10 Å². The zero-order chi connectivity index (χ0) is 13.7. The average molecular weight is 263 g/mol. The van der Waals surface area contributed by atoms with E-state index >= 15 is 0 Å². The summed E-state index contributed by atoms with van der Waals surface area (Å²) in [6, 6.07) is 7.96. The molecule has 2 N–H and O–H groups in total. The molecule has 1 aromatic carbocycles. The third-order valence-corrected chi connectivity index (χ3v) is 3.81. The molecule has 19 heavy (non-hydrogen) atoms. The summed E-state index contributed by atoms with van der Waals surface area (Å²) < 4.78 is 11.7. The summed E-state index contributed by atoms with van der Waals surface area (Å²) in [6.45, 7) is 2.00. The van der Waals surface area contributed by atoms with E-state index in [1.54, 1.807) is 7.11 Å². The molecule has 1 aliphatic rings. The first kappa shape index (κ1) is 14.4. The highest BCUT2D eigenvalue weighted by Crippen LogP contribution is 2.33. The third kappa shape index (κ3) is 3.71. The van der Waals surface area contributed by atoms with Gasteiger partial charge in [-0.05, 0) is 25.8 Å². The summed E-state index contributed by atoms with van der Waals surface area (Å²) in [6.07, 6.45) is 6.42. The monoisotopic (exact) mass is 263 g/mol. The van der Waals surface area contributed by atoms with Gasteiger partial charge in [0.15, 0.2) is 0 Å². The lowest BCUT2D eigenvalue weighted by Gasteiger charge is -2.30. The van der Waals surface area contributed by atoms with Crippen LogP contribution in [0, 0.1) is 0 Å². The number of benzene rings is 1. The number of nitrogens with two attached hydrogens (primary N) is 1. The molecular formula is C16H25NO2. The van der Waals surface area contributed by atoms with E-state index in [-0.39, 0.29) is 12.1 Å². The second-order valence-electron chi connectivity index (χ2n) is 5.42. The van der Waals surface area contributed by atoms with Crippen molar-refractivity contribution in [2.75, 3.05) is 7.11 Å². The van der Waals surface area contributed by atoms with Crippen molar-refractivity contribution < 1.29 is 9.47 Å². The van der Waals surface area contributed by atoms with Gasteiger partial charge in [0.2, 0.25) is 0 Å². The van der Waals surface area contributed by atoms with Gasteiger partial charge in [-0.2, -0.15) is 0 Å². The molecular weight excluding hydrogens is 238 g/mol. The average Bonchev–Trinajstić information content (AvgIpc) is 2.45. The molecule has 2 unspecified atom stereocenters. The first-order valence-corrected chi connectivity index (χ1v) is 7.26. The Kier molecular flexibility index (Phi) is 5.23. The molecule has 2 rings (SSSR count). The minimum absolute atomic E-state index is 0.0433. The smallest absolute Gasteiger partial charge is 0.124 e. The van der Waals surface area contributed by atoms with Crippen LogP contribution in [-0.4, -0.2) is 19.3 Å². The van der Waals surface area contributed by atoms with Gasteiger partial charge in [-0.15, -0.1) is 0 Å². The standard InChI is InChI=1S/C16H25NO2/c1-12(17)16(19-13-8-4-3-5-9-13)14-10-6-7-11-15(14)18-2/h6-7,10-13,16H,3-5,8-9,17H2,1-2H3. The number of ether oxygens (including phenoxy) is 2. The van der Waals surface area contributed by atoms with Crippen LogP contribution < -0.4 is 10.5 Å². The Morgan fingerprint density at radius 1 is 1.16 bits per heavy atom. The van der Waals surface area contributed by atoms with Crippen LogP contribution in [0.4, 0.5) is 0 Å². The van der Waals surface area contributed by atoms with Crippen LogP contribution in [0.25, 0.3) is 0 Å². The molecule has 3 nitrogen and oxygen atoms in total. The van der Waals surface area contributed by atoms with Crippen LogP contribution in [0.3, 0.4) is 0 Å². The van der Waals surface area contributed by atoms with Gasteiger partial charge in [-0.1, -0.05) is 37.5 Å². The maximum Gasteiger partial charge on any atom is 0.124 e. The molecule has 1 aliphatic carbocycles. The summed E-state index contributed by atoms with van der Waals surface area (Å²) in [5.41, 5.74) is 7.19. The molecule has 106 valence electrons. The largest absolute Gasteiger partial charge is 0.496 e. The van der Waals surface area contributed by atoms with Crippen LogP contribution in [0.2, 0.25) is 0 Å². The van der Waals surface area contributed by atoms with Crippen molar-refractivity contribution in [1.82, 2.24) is 0 Å². The van der Waals surface area contributed by atoms with Crippen LogP contribution >= 0.6 is 0 Å². The quantitative estimate of drug-likeness (QED) is 0.885. The molecule has 3 heteroatoms. The Morgan fingerprint density at radius 2 is 1.84 bits per heavy atom. The van der Waals surface area contributed by atoms with Gasteiger partial charge in [-0.3, -0.25) is 0 Å². The first-order chi connectivity index (χ1) is 9.22. The van der Waals surface area contributed by atoms with Gasteiger partial charge in [0.05, 0.1) is 13.2 Å². The zero-order valence-corrected chi connectivity index (χ0v) is 12.0. The predicted octanol–water partition coefficient (Wildman–Crippen LogP) is 3.43. The van der Waals surface area contributed by atoms with Gasteiger partial charge < -0.3 is 15.2 Å².